The maximum absolute atomic E-state index is 12.6. The zero-order chi connectivity index (χ0) is 13.2. The van der Waals surface area contributed by atoms with E-state index in [0.717, 1.165) is 31.2 Å². The van der Waals surface area contributed by atoms with Gasteiger partial charge in [0.15, 0.2) is 5.78 Å². The molecule has 0 aliphatic heterocycles. The molecule has 2 nitrogen and oxygen atoms in total. The van der Waals surface area contributed by atoms with Crippen LogP contribution in [0.15, 0.2) is 18.2 Å². The topological polar surface area (TPSA) is 26.3 Å². The summed E-state index contributed by atoms with van der Waals surface area (Å²) in [5.41, 5.74) is 1.05. The first-order valence-electron chi connectivity index (χ1n) is 6.54. The molecule has 18 heavy (non-hydrogen) atoms. The van der Waals surface area contributed by atoms with Crippen LogP contribution in [0.2, 0.25) is 5.02 Å². The lowest BCUT2D eigenvalue weighted by atomic mass is 9.90. The number of rotatable bonds is 4. The molecule has 2 rings (SSSR count). The number of Topliss-reactive ketones (excluding diaryl/α,β-unsaturated/α-hetero) is 1. The van der Waals surface area contributed by atoms with Gasteiger partial charge in [-0.05, 0) is 51.2 Å². The molecule has 1 aliphatic carbocycles. The van der Waals surface area contributed by atoms with Crippen LogP contribution in [0.25, 0.3) is 0 Å². The Labute approximate surface area is 113 Å². The second-order valence-corrected chi connectivity index (χ2v) is 5.33. The number of aryl methyl sites for hydroxylation is 1. The maximum atomic E-state index is 12.6. The van der Waals surface area contributed by atoms with Gasteiger partial charge in [-0.1, -0.05) is 23.7 Å². The summed E-state index contributed by atoms with van der Waals surface area (Å²) in [4.78, 5) is 12.6. The van der Waals surface area contributed by atoms with Crippen LogP contribution in [0.3, 0.4) is 0 Å². The standard InChI is InChI=1S/C15H19ClO2/c1-3-18-15(8-4-5-9-15)14(17)12-7-6-11(2)13(16)10-12/h6-7,10H,3-5,8-9H2,1-2H3. The molecule has 0 bridgehead atoms. The van der Waals surface area contributed by atoms with E-state index < -0.39 is 5.60 Å². The molecule has 0 radical (unpaired) electrons. The fourth-order valence-corrected chi connectivity index (χ4v) is 2.84. The molecule has 0 aromatic heterocycles. The second kappa shape index (κ2) is 5.41. The van der Waals surface area contributed by atoms with Crippen molar-refractivity contribution in [3.63, 3.8) is 0 Å². The molecule has 0 atom stereocenters. The first-order chi connectivity index (χ1) is 8.59. The lowest BCUT2D eigenvalue weighted by Gasteiger charge is -2.27. The first-order valence-corrected chi connectivity index (χ1v) is 6.92. The minimum Gasteiger partial charge on any atom is -0.367 e. The molecule has 1 fully saturated rings. The van der Waals surface area contributed by atoms with E-state index >= 15 is 0 Å². The van der Waals surface area contributed by atoms with Crippen LogP contribution in [-0.4, -0.2) is 18.0 Å². The van der Waals surface area contributed by atoms with Crippen molar-refractivity contribution in [2.45, 2.75) is 45.1 Å². The predicted octanol–water partition coefficient (Wildman–Crippen LogP) is 4.18. The Balaban J connectivity index is 2.30. The summed E-state index contributed by atoms with van der Waals surface area (Å²) in [5.74, 6) is 0.0868. The Bertz CT molecular complexity index is 448. The van der Waals surface area contributed by atoms with Crippen molar-refractivity contribution in [2.75, 3.05) is 6.61 Å². The normalized spacial score (nSPS) is 17.9. The molecule has 3 heteroatoms. The molecule has 1 aromatic rings. The maximum Gasteiger partial charge on any atom is 0.194 e. The summed E-state index contributed by atoms with van der Waals surface area (Å²) < 4.78 is 5.78. The van der Waals surface area contributed by atoms with Gasteiger partial charge in [0.25, 0.3) is 0 Å². The molecule has 1 aromatic carbocycles. The van der Waals surface area contributed by atoms with Crippen LogP contribution >= 0.6 is 11.6 Å². The van der Waals surface area contributed by atoms with Crippen molar-refractivity contribution in [3.05, 3.63) is 34.3 Å². The van der Waals surface area contributed by atoms with Gasteiger partial charge < -0.3 is 4.74 Å². The molecule has 0 heterocycles. The Morgan fingerprint density at radius 3 is 2.61 bits per heavy atom. The molecule has 0 unspecified atom stereocenters. The number of hydrogen-bond donors (Lipinski definition) is 0. The van der Waals surface area contributed by atoms with E-state index in [1.54, 1.807) is 6.07 Å². The lowest BCUT2D eigenvalue weighted by Crippen LogP contribution is -2.38. The number of halogens is 1. The number of hydrogen-bond acceptors (Lipinski definition) is 2. The van der Waals surface area contributed by atoms with Crippen LogP contribution < -0.4 is 0 Å². The van der Waals surface area contributed by atoms with Crippen LogP contribution in [0.5, 0.6) is 0 Å². The average molecular weight is 267 g/mol. The van der Waals surface area contributed by atoms with Crippen LogP contribution in [0, 0.1) is 6.92 Å². The van der Waals surface area contributed by atoms with Crippen LogP contribution in [0.1, 0.15) is 48.5 Å². The summed E-state index contributed by atoms with van der Waals surface area (Å²) in [6.07, 6.45) is 3.77. The number of ether oxygens (including phenoxy) is 1. The summed E-state index contributed by atoms with van der Waals surface area (Å²) in [6, 6.07) is 5.51. The minimum atomic E-state index is -0.604. The van der Waals surface area contributed by atoms with Gasteiger partial charge in [0.2, 0.25) is 0 Å². The Kier molecular flexibility index (Phi) is 4.08. The third-order valence-electron chi connectivity index (χ3n) is 3.68. The highest BCUT2D eigenvalue weighted by Gasteiger charge is 2.42. The molecule has 0 amide bonds. The number of carbonyl (C=O) groups is 1. The molecule has 0 spiro atoms. The fourth-order valence-electron chi connectivity index (χ4n) is 2.66. The summed E-state index contributed by atoms with van der Waals surface area (Å²) in [7, 11) is 0. The smallest absolute Gasteiger partial charge is 0.194 e. The van der Waals surface area contributed by atoms with Gasteiger partial charge in [0.1, 0.15) is 5.60 Å². The second-order valence-electron chi connectivity index (χ2n) is 4.93. The van der Waals surface area contributed by atoms with E-state index in [-0.39, 0.29) is 5.78 Å². The van der Waals surface area contributed by atoms with Gasteiger partial charge in [-0.2, -0.15) is 0 Å². The van der Waals surface area contributed by atoms with Crippen molar-refractivity contribution < 1.29 is 9.53 Å². The lowest BCUT2D eigenvalue weighted by molar-refractivity contribution is -0.0163. The highest BCUT2D eigenvalue weighted by atomic mass is 35.5. The molecule has 1 aliphatic rings. The van der Waals surface area contributed by atoms with Crippen molar-refractivity contribution in [3.8, 4) is 0 Å². The Morgan fingerprint density at radius 2 is 2.06 bits per heavy atom. The van der Waals surface area contributed by atoms with Gasteiger partial charge in [-0.15, -0.1) is 0 Å². The summed E-state index contributed by atoms with van der Waals surface area (Å²) in [5, 5.41) is 0.644. The molecular formula is C15H19ClO2. The minimum absolute atomic E-state index is 0.0868. The van der Waals surface area contributed by atoms with Gasteiger partial charge in [0.05, 0.1) is 0 Å². The fraction of sp³-hybridized carbons (Fsp3) is 0.533. The quantitative estimate of drug-likeness (QED) is 0.764. The molecule has 98 valence electrons. The summed E-state index contributed by atoms with van der Waals surface area (Å²) in [6.45, 7) is 4.45. The number of carbonyl (C=O) groups excluding carboxylic acids is 1. The predicted molar refractivity (Wildman–Crippen MR) is 73.3 cm³/mol. The Hall–Kier alpha value is -0.860. The van der Waals surface area contributed by atoms with E-state index in [4.69, 9.17) is 16.3 Å². The van der Waals surface area contributed by atoms with Gasteiger partial charge in [-0.3, -0.25) is 4.79 Å². The summed E-state index contributed by atoms with van der Waals surface area (Å²) >= 11 is 6.09. The zero-order valence-corrected chi connectivity index (χ0v) is 11.7. The highest BCUT2D eigenvalue weighted by Crippen LogP contribution is 2.36. The Morgan fingerprint density at radius 1 is 1.39 bits per heavy atom. The third kappa shape index (κ3) is 2.45. The van der Waals surface area contributed by atoms with E-state index in [1.807, 2.05) is 26.0 Å². The first kappa shape index (κ1) is 13.6. The molecule has 0 N–H and O–H groups in total. The van der Waals surface area contributed by atoms with Gasteiger partial charge in [0, 0.05) is 17.2 Å². The monoisotopic (exact) mass is 266 g/mol. The van der Waals surface area contributed by atoms with Crippen molar-refractivity contribution in [1.82, 2.24) is 0 Å². The van der Waals surface area contributed by atoms with E-state index in [9.17, 15) is 4.79 Å². The van der Waals surface area contributed by atoms with E-state index in [1.165, 1.54) is 0 Å². The van der Waals surface area contributed by atoms with Crippen LogP contribution in [0.4, 0.5) is 0 Å². The zero-order valence-electron chi connectivity index (χ0n) is 11.0. The number of ketones is 1. The van der Waals surface area contributed by atoms with E-state index in [2.05, 4.69) is 0 Å². The largest absolute Gasteiger partial charge is 0.367 e. The number of benzene rings is 1. The van der Waals surface area contributed by atoms with Crippen LogP contribution in [-0.2, 0) is 4.74 Å². The molecule has 0 saturated heterocycles. The highest BCUT2D eigenvalue weighted by molar-refractivity contribution is 6.31. The van der Waals surface area contributed by atoms with Gasteiger partial charge >= 0.3 is 0 Å². The van der Waals surface area contributed by atoms with Crippen molar-refractivity contribution >= 4 is 17.4 Å². The van der Waals surface area contributed by atoms with Gasteiger partial charge in [-0.25, -0.2) is 0 Å². The van der Waals surface area contributed by atoms with Crippen molar-refractivity contribution in [1.29, 1.82) is 0 Å². The SMILES string of the molecule is CCOC1(C(=O)c2ccc(C)c(Cl)c2)CCCC1. The average Bonchev–Trinajstić information content (AvgIpc) is 2.82. The molecular weight excluding hydrogens is 248 g/mol. The van der Waals surface area contributed by atoms with Crippen molar-refractivity contribution in [2.24, 2.45) is 0 Å². The van der Waals surface area contributed by atoms with E-state index in [0.29, 0.717) is 17.2 Å². The third-order valence-corrected chi connectivity index (χ3v) is 4.09. The molecule has 1 saturated carbocycles.